The van der Waals surface area contributed by atoms with E-state index in [1.54, 1.807) is 12.5 Å². The molecule has 1 aromatic carbocycles. The molecule has 1 heterocycles. The Labute approximate surface area is 89.9 Å². The highest BCUT2D eigenvalue weighted by atomic mass is 16.3. The molecule has 1 N–H and O–H groups in total. The Morgan fingerprint density at radius 2 is 2.13 bits per heavy atom. The number of rotatable bonds is 3. The normalized spacial score (nSPS) is 12.4. The first-order valence-electron chi connectivity index (χ1n) is 5.11. The first-order chi connectivity index (χ1) is 7.25. The van der Waals surface area contributed by atoms with E-state index >= 15 is 0 Å². The zero-order valence-electron chi connectivity index (χ0n) is 9.03. The van der Waals surface area contributed by atoms with Crippen molar-refractivity contribution in [3.63, 3.8) is 0 Å². The van der Waals surface area contributed by atoms with Crippen molar-refractivity contribution in [2.24, 2.45) is 0 Å². The molecule has 0 spiro atoms. The van der Waals surface area contributed by atoms with Gasteiger partial charge >= 0.3 is 0 Å². The van der Waals surface area contributed by atoms with Gasteiger partial charge in [0.05, 0.1) is 18.6 Å². The minimum atomic E-state index is 0.269. The van der Waals surface area contributed by atoms with Gasteiger partial charge in [-0.25, -0.2) is 0 Å². The monoisotopic (exact) mass is 201 g/mol. The summed E-state index contributed by atoms with van der Waals surface area (Å²) in [4.78, 5) is 0. The molecule has 1 aromatic heterocycles. The van der Waals surface area contributed by atoms with Crippen LogP contribution in [0.15, 0.2) is 47.3 Å². The van der Waals surface area contributed by atoms with Crippen LogP contribution >= 0.6 is 0 Å². The van der Waals surface area contributed by atoms with Crippen molar-refractivity contribution in [1.29, 1.82) is 0 Å². The third kappa shape index (κ3) is 2.40. The topological polar surface area (TPSA) is 25.2 Å². The minimum Gasteiger partial charge on any atom is -0.472 e. The third-order valence-electron chi connectivity index (χ3n) is 2.44. The predicted molar refractivity (Wildman–Crippen MR) is 61.9 cm³/mol. The van der Waals surface area contributed by atoms with Gasteiger partial charge in [0, 0.05) is 11.3 Å². The Bertz CT molecular complexity index is 420. The van der Waals surface area contributed by atoms with Gasteiger partial charge in [-0.05, 0) is 37.6 Å². The van der Waals surface area contributed by atoms with Crippen molar-refractivity contribution in [3.8, 4) is 0 Å². The second-order valence-electron chi connectivity index (χ2n) is 3.79. The van der Waals surface area contributed by atoms with Gasteiger partial charge < -0.3 is 9.73 Å². The maximum atomic E-state index is 5.06. The predicted octanol–water partition coefficient (Wildman–Crippen LogP) is 3.76. The molecule has 2 rings (SSSR count). The van der Waals surface area contributed by atoms with E-state index in [2.05, 4.69) is 43.4 Å². The van der Waals surface area contributed by atoms with E-state index in [0.717, 1.165) is 11.3 Å². The number of hydrogen-bond donors (Lipinski definition) is 1. The lowest BCUT2D eigenvalue weighted by atomic mass is 10.1. The molecule has 0 aliphatic heterocycles. The Morgan fingerprint density at radius 1 is 1.27 bits per heavy atom. The summed E-state index contributed by atoms with van der Waals surface area (Å²) in [6, 6.07) is 10.6. The van der Waals surface area contributed by atoms with Crippen LogP contribution < -0.4 is 5.32 Å². The lowest BCUT2D eigenvalue weighted by Crippen LogP contribution is -2.05. The summed E-state index contributed by atoms with van der Waals surface area (Å²) in [5.41, 5.74) is 3.57. The Balaban J connectivity index is 2.09. The first-order valence-corrected chi connectivity index (χ1v) is 5.11. The zero-order chi connectivity index (χ0) is 10.7. The number of benzene rings is 1. The fourth-order valence-corrected chi connectivity index (χ4v) is 1.59. The molecule has 0 saturated heterocycles. The highest BCUT2D eigenvalue weighted by Gasteiger charge is 2.05. The van der Waals surface area contributed by atoms with Crippen LogP contribution in [0.3, 0.4) is 0 Å². The van der Waals surface area contributed by atoms with E-state index in [-0.39, 0.29) is 6.04 Å². The number of nitrogens with one attached hydrogen (secondary N) is 1. The molecule has 0 saturated carbocycles. The smallest absolute Gasteiger partial charge is 0.0955 e. The standard InChI is InChI=1S/C13H15NO/c1-10-4-3-5-13(8-10)14-11(2)12-6-7-15-9-12/h3-9,11,14H,1-2H3. The molecule has 0 fully saturated rings. The second-order valence-corrected chi connectivity index (χ2v) is 3.79. The van der Waals surface area contributed by atoms with E-state index in [1.807, 2.05) is 6.07 Å². The Kier molecular flexibility index (Phi) is 2.77. The largest absolute Gasteiger partial charge is 0.472 e. The van der Waals surface area contributed by atoms with Gasteiger partial charge in [-0.15, -0.1) is 0 Å². The number of furan rings is 1. The molecule has 1 unspecified atom stereocenters. The van der Waals surface area contributed by atoms with Gasteiger partial charge in [0.1, 0.15) is 0 Å². The van der Waals surface area contributed by atoms with Crippen LogP contribution in [-0.2, 0) is 0 Å². The molecule has 0 aliphatic carbocycles. The third-order valence-corrected chi connectivity index (χ3v) is 2.44. The van der Waals surface area contributed by atoms with E-state index in [4.69, 9.17) is 4.42 Å². The van der Waals surface area contributed by atoms with Crippen molar-refractivity contribution in [1.82, 2.24) is 0 Å². The van der Waals surface area contributed by atoms with Crippen LogP contribution in [-0.4, -0.2) is 0 Å². The van der Waals surface area contributed by atoms with Gasteiger partial charge in [-0.2, -0.15) is 0 Å². The summed E-state index contributed by atoms with van der Waals surface area (Å²) in [5.74, 6) is 0. The summed E-state index contributed by atoms with van der Waals surface area (Å²) in [7, 11) is 0. The van der Waals surface area contributed by atoms with Gasteiger partial charge in [0.15, 0.2) is 0 Å². The summed E-state index contributed by atoms with van der Waals surface area (Å²) in [6.07, 6.45) is 3.47. The number of aryl methyl sites for hydroxylation is 1. The van der Waals surface area contributed by atoms with Crippen LogP contribution in [0.2, 0.25) is 0 Å². The highest BCUT2D eigenvalue weighted by molar-refractivity contribution is 5.47. The molecule has 2 nitrogen and oxygen atoms in total. The summed E-state index contributed by atoms with van der Waals surface area (Å²) < 4.78 is 5.06. The second kappa shape index (κ2) is 4.22. The molecular formula is C13H15NO. The molecule has 78 valence electrons. The van der Waals surface area contributed by atoms with Crippen LogP contribution in [0.1, 0.15) is 24.1 Å². The number of hydrogen-bond acceptors (Lipinski definition) is 2. The van der Waals surface area contributed by atoms with Crippen molar-refractivity contribution in [2.45, 2.75) is 19.9 Å². The lowest BCUT2D eigenvalue weighted by Gasteiger charge is -2.13. The SMILES string of the molecule is Cc1cccc(NC(C)c2ccoc2)c1. The minimum absolute atomic E-state index is 0.269. The van der Waals surface area contributed by atoms with Crippen LogP contribution in [0.5, 0.6) is 0 Å². The van der Waals surface area contributed by atoms with Crippen LogP contribution in [0.4, 0.5) is 5.69 Å². The van der Waals surface area contributed by atoms with Gasteiger partial charge in [-0.3, -0.25) is 0 Å². The molecule has 2 aromatic rings. The number of anilines is 1. The highest BCUT2D eigenvalue weighted by Crippen LogP contribution is 2.19. The average Bonchev–Trinajstić information content (AvgIpc) is 2.70. The molecule has 15 heavy (non-hydrogen) atoms. The Hall–Kier alpha value is -1.70. The maximum Gasteiger partial charge on any atom is 0.0955 e. The van der Waals surface area contributed by atoms with Crippen molar-refractivity contribution in [3.05, 3.63) is 54.0 Å². The molecule has 1 atom stereocenters. The fourth-order valence-electron chi connectivity index (χ4n) is 1.59. The molecule has 0 aliphatic rings. The zero-order valence-corrected chi connectivity index (χ0v) is 9.03. The molecule has 0 bridgehead atoms. The van der Waals surface area contributed by atoms with Crippen molar-refractivity contribution < 1.29 is 4.42 Å². The van der Waals surface area contributed by atoms with Crippen LogP contribution in [0, 0.1) is 6.92 Å². The quantitative estimate of drug-likeness (QED) is 0.817. The summed E-state index contributed by atoms with van der Waals surface area (Å²) in [6.45, 7) is 4.21. The van der Waals surface area contributed by atoms with Gasteiger partial charge in [0.25, 0.3) is 0 Å². The fraction of sp³-hybridized carbons (Fsp3) is 0.231. The molecule has 2 heteroatoms. The molecule has 0 amide bonds. The van der Waals surface area contributed by atoms with E-state index in [9.17, 15) is 0 Å². The van der Waals surface area contributed by atoms with E-state index in [0.29, 0.717) is 0 Å². The maximum absolute atomic E-state index is 5.06. The van der Waals surface area contributed by atoms with Gasteiger partial charge in [-0.1, -0.05) is 12.1 Å². The lowest BCUT2D eigenvalue weighted by molar-refractivity contribution is 0.562. The molecule has 0 radical (unpaired) electrons. The van der Waals surface area contributed by atoms with E-state index in [1.165, 1.54) is 5.56 Å². The molecular weight excluding hydrogens is 186 g/mol. The van der Waals surface area contributed by atoms with E-state index < -0.39 is 0 Å². The Morgan fingerprint density at radius 3 is 2.80 bits per heavy atom. The van der Waals surface area contributed by atoms with Crippen molar-refractivity contribution >= 4 is 5.69 Å². The van der Waals surface area contributed by atoms with Crippen LogP contribution in [0.25, 0.3) is 0 Å². The van der Waals surface area contributed by atoms with Gasteiger partial charge in [0.2, 0.25) is 0 Å². The van der Waals surface area contributed by atoms with Crippen molar-refractivity contribution in [2.75, 3.05) is 5.32 Å². The summed E-state index contributed by atoms with van der Waals surface area (Å²) in [5, 5.41) is 3.43. The average molecular weight is 201 g/mol. The first kappa shape index (κ1) is 9.84. The summed E-state index contributed by atoms with van der Waals surface area (Å²) >= 11 is 0.